The number of nitrogens with two attached hydrogens (primary N) is 1. The first-order valence-corrected chi connectivity index (χ1v) is 6.69. The summed E-state index contributed by atoms with van der Waals surface area (Å²) in [5.41, 5.74) is 6.72. The summed E-state index contributed by atoms with van der Waals surface area (Å²) >= 11 is 11.8. The van der Waals surface area contributed by atoms with Gasteiger partial charge in [0.15, 0.2) is 0 Å². The maximum absolute atomic E-state index is 13.6. The van der Waals surface area contributed by atoms with Crippen molar-refractivity contribution in [1.82, 2.24) is 0 Å². The van der Waals surface area contributed by atoms with Crippen LogP contribution in [0.2, 0.25) is 10.0 Å². The number of hydrogen-bond donors (Lipinski definition) is 1. The Bertz CT molecular complexity index is 649. The summed E-state index contributed by atoms with van der Waals surface area (Å²) in [6.07, 6.45) is 0. The molecule has 0 fully saturated rings. The molecule has 0 heterocycles. The first-order chi connectivity index (χ1) is 9.21. The topological polar surface area (TPSA) is 26.0 Å². The molecular formula is C15H13Cl2F2N. The minimum atomic E-state index is -1.13. The molecule has 0 amide bonds. The van der Waals surface area contributed by atoms with Gasteiger partial charge in [-0.2, -0.15) is 0 Å². The van der Waals surface area contributed by atoms with Crippen LogP contribution < -0.4 is 5.73 Å². The molecule has 0 saturated heterocycles. The van der Waals surface area contributed by atoms with E-state index in [0.717, 1.165) is 5.56 Å². The van der Waals surface area contributed by atoms with Crippen molar-refractivity contribution in [1.29, 1.82) is 0 Å². The first-order valence-electron chi connectivity index (χ1n) is 5.93. The lowest BCUT2D eigenvalue weighted by atomic mass is 9.85. The molecule has 0 bridgehead atoms. The molecule has 2 aromatic carbocycles. The summed E-state index contributed by atoms with van der Waals surface area (Å²) in [5, 5.41) is 0.160. The van der Waals surface area contributed by atoms with Gasteiger partial charge in [-0.1, -0.05) is 29.3 Å². The fraction of sp³-hybridized carbons (Fsp3) is 0.200. The fourth-order valence-electron chi connectivity index (χ4n) is 2.11. The summed E-state index contributed by atoms with van der Waals surface area (Å²) in [7, 11) is 0. The third-order valence-corrected chi connectivity index (χ3v) is 3.81. The monoisotopic (exact) mass is 315 g/mol. The van der Waals surface area contributed by atoms with Gasteiger partial charge in [0, 0.05) is 5.02 Å². The number of aryl methyl sites for hydroxylation is 1. The lowest BCUT2D eigenvalue weighted by Crippen LogP contribution is -2.35. The van der Waals surface area contributed by atoms with Crippen molar-refractivity contribution >= 4 is 23.2 Å². The van der Waals surface area contributed by atoms with E-state index in [4.69, 9.17) is 28.9 Å². The minimum Gasteiger partial charge on any atom is -0.318 e. The van der Waals surface area contributed by atoms with E-state index >= 15 is 0 Å². The summed E-state index contributed by atoms with van der Waals surface area (Å²) < 4.78 is 27.2. The third-order valence-electron chi connectivity index (χ3n) is 3.21. The van der Waals surface area contributed by atoms with Gasteiger partial charge in [0.1, 0.15) is 11.6 Å². The molecule has 0 saturated carbocycles. The Morgan fingerprint density at radius 3 is 2.25 bits per heavy atom. The predicted molar refractivity (Wildman–Crippen MR) is 78.2 cm³/mol. The second-order valence-corrected chi connectivity index (χ2v) is 5.78. The zero-order valence-electron chi connectivity index (χ0n) is 11.0. The minimum absolute atomic E-state index is 0.0787. The molecule has 1 nitrogen and oxygen atoms in total. The highest BCUT2D eigenvalue weighted by molar-refractivity contribution is 6.35. The van der Waals surface area contributed by atoms with Gasteiger partial charge in [-0.15, -0.1) is 0 Å². The molecule has 106 valence electrons. The predicted octanol–water partition coefficient (Wildman–Crippen LogP) is 4.80. The third kappa shape index (κ3) is 2.80. The van der Waals surface area contributed by atoms with Crippen LogP contribution in [0.3, 0.4) is 0 Å². The molecule has 20 heavy (non-hydrogen) atoms. The maximum atomic E-state index is 13.6. The molecule has 1 atom stereocenters. The number of hydrogen-bond acceptors (Lipinski definition) is 1. The van der Waals surface area contributed by atoms with Gasteiger partial charge in [0.05, 0.1) is 10.6 Å². The van der Waals surface area contributed by atoms with Crippen molar-refractivity contribution in [3.05, 3.63) is 68.7 Å². The van der Waals surface area contributed by atoms with Crippen LogP contribution in [-0.4, -0.2) is 0 Å². The molecule has 2 aromatic rings. The van der Waals surface area contributed by atoms with E-state index in [0.29, 0.717) is 11.1 Å². The zero-order valence-corrected chi connectivity index (χ0v) is 12.5. The highest BCUT2D eigenvalue weighted by Gasteiger charge is 2.28. The zero-order chi connectivity index (χ0) is 15.1. The average molecular weight is 316 g/mol. The Morgan fingerprint density at radius 1 is 1.00 bits per heavy atom. The Balaban J connectivity index is 2.62. The van der Waals surface area contributed by atoms with Crippen molar-refractivity contribution < 1.29 is 8.78 Å². The summed E-state index contributed by atoms with van der Waals surface area (Å²) in [5.74, 6) is -1.02. The molecule has 1 unspecified atom stereocenters. The van der Waals surface area contributed by atoms with Crippen LogP contribution >= 0.6 is 23.2 Å². The van der Waals surface area contributed by atoms with Crippen LogP contribution in [0.1, 0.15) is 23.6 Å². The summed E-state index contributed by atoms with van der Waals surface area (Å²) in [6, 6.07) is 6.93. The fourth-order valence-corrected chi connectivity index (χ4v) is 2.69. The molecule has 2 N–H and O–H groups in total. The van der Waals surface area contributed by atoms with E-state index in [2.05, 4.69) is 0 Å². The van der Waals surface area contributed by atoms with Crippen LogP contribution in [-0.2, 0) is 5.54 Å². The number of halogens is 4. The van der Waals surface area contributed by atoms with E-state index in [-0.39, 0.29) is 10.0 Å². The second kappa shape index (κ2) is 5.32. The van der Waals surface area contributed by atoms with Crippen LogP contribution in [0.4, 0.5) is 8.78 Å². The summed E-state index contributed by atoms with van der Waals surface area (Å²) in [6.45, 7) is 3.41. The quantitative estimate of drug-likeness (QED) is 0.791. The largest absolute Gasteiger partial charge is 0.318 e. The lowest BCUT2D eigenvalue weighted by Gasteiger charge is -2.27. The van der Waals surface area contributed by atoms with Crippen LogP contribution in [0, 0.1) is 18.6 Å². The van der Waals surface area contributed by atoms with Gasteiger partial charge >= 0.3 is 0 Å². The van der Waals surface area contributed by atoms with E-state index in [1.165, 1.54) is 24.3 Å². The SMILES string of the molecule is Cc1cc(F)cc(C(C)(N)c2cc(F)c(Cl)cc2Cl)c1. The highest BCUT2D eigenvalue weighted by atomic mass is 35.5. The standard InChI is InChI=1S/C15H13Cl2F2N/c1-8-3-9(5-10(18)4-8)15(2,20)11-6-14(19)13(17)7-12(11)16/h3-7H,20H2,1-2H3. The normalized spacial score (nSPS) is 14.2. The van der Waals surface area contributed by atoms with E-state index in [9.17, 15) is 8.78 Å². The van der Waals surface area contributed by atoms with Gasteiger partial charge in [0.2, 0.25) is 0 Å². The summed E-state index contributed by atoms with van der Waals surface area (Å²) in [4.78, 5) is 0. The molecule has 0 aliphatic rings. The highest BCUT2D eigenvalue weighted by Crippen LogP contribution is 2.35. The van der Waals surface area contributed by atoms with Gasteiger partial charge < -0.3 is 5.73 Å². The van der Waals surface area contributed by atoms with E-state index in [1.807, 2.05) is 0 Å². The molecule has 5 heteroatoms. The maximum Gasteiger partial charge on any atom is 0.142 e. The molecule has 0 aliphatic heterocycles. The molecule has 2 rings (SSSR count). The van der Waals surface area contributed by atoms with Crippen molar-refractivity contribution in [2.75, 3.05) is 0 Å². The Labute approximate surface area is 126 Å². The van der Waals surface area contributed by atoms with Gasteiger partial charge in [-0.25, -0.2) is 8.78 Å². The van der Waals surface area contributed by atoms with E-state index < -0.39 is 17.2 Å². The van der Waals surface area contributed by atoms with E-state index in [1.54, 1.807) is 19.9 Å². The Hall–Kier alpha value is -1.16. The molecule has 0 spiro atoms. The van der Waals surface area contributed by atoms with Crippen molar-refractivity contribution in [3.63, 3.8) is 0 Å². The number of benzene rings is 2. The Kier molecular flexibility index (Phi) is 4.05. The lowest BCUT2D eigenvalue weighted by molar-refractivity contribution is 0.569. The molecular weight excluding hydrogens is 303 g/mol. The van der Waals surface area contributed by atoms with Crippen LogP contribution in [0.15, 0.2) is 30.3 Å². The van der Waals surface area contributed by atoms with Gasteiger partial charge in [-0.3, -0.25) is 0 Å². The molecule has 0 aliphatic carbocycles. The molecule has 0 aromatic heterocycles. The average Bonchev–Trinajstić information content (AvgIpc) is 2.32. The Morgan fingerprint density at radius 2 is 1.65 bits per heavy atom. The van der Waals surface area contributed by atoms with Crippen LogP contribution in [0.5, 0.6) is 0 Å². The van der Waals surface area contributed by atoms with Crippen molar-refractivity contribution in [2.45, 2.75) is 19.4 Å². The first kappa shape index (κ1) is 15.2. The van der Waals surface area contributed by atoms with Gasteiger partial charge in [-0.05, 0) is 54.8 Å². The number of rotatable bonds is 2. The smallest absolute Gasteiger partial charge is 0.142 e. The van der Waals surface area contributed by atoms with Crippen molar-refractivity contribution in [2.24, 2.45) is 5.73 Å². The van der Waals surface area contributed by atoms with Gasteiger partial charge in [0.25, 0.3) is 0 Å². The second-order valence-electron chi connectivity index (χ2n) is 4.97. The van der Waals surface area contributed by atoms with Crippen LogP contribution in [0.25, 0.3) is 0 Å². The van der Waals surface area contributed by atoms with Crippen molar-refractivity contribution in [3.8, 4) is 0 Å². The molecule has 0 radical (unpaired) electrons.